The molecule has 20 heavy (non-hydrogen) atoms. The molecular weight excluding hydrogens is 256 g/mol. The van der Waals surface area contributed by atoms with Crippen LogP contribution in [0.15, 0.2) is 12.2 Å². The number of aliphatic hydroxyl groups excluding tert-OH is 1. The Hall–Kier alpha value is -1.16. The number of hydrogen-bond acceptors (Lipinski definition) is 4. The van der Waals surface area contributed by atoms with Gasteiger partial charge < -0.3 is 9.84 Å². The van der Waals surface area contributed by atoms with Crippen LogP contribution in [0, 0.1) is 17.3 Å². The van der Waals surface area contributed by atoms with Gasteiger partial charge in [0.15, 0.2) is 0 Å². The fourth-order valence-electron chi connectivity index (χ4n) is 4.47. The van der Waals surface area contributed by atoms with Gasteiger partial charge in [0.1, 0.15) is 16.8 Å². The molecule has 0 amide bonds. The summed E-state index contributed by atoms with van der Waals surface area (Å²) >= 11 is 0. The van der Waals surface area contributed by atoms with Crippen LogP contribution >= 0.6 is 0 Å². The third kappa shape index (κ3) is 1.46. The summed E-state index contributed by atoms with van der Waals surface area (Å²) in [5, 5.41) is 10.8. The molecule has 0 spiro atoms. The maximum Gasteiger partial charge on any atom is 0.319 e. The number of ketones is 1. The first-order valence-corrected chi connectivity index (χ1v) is 7.58. The summed E-state index contributed by atoms with van der Waals surface area (Å²) in [6.07, 6.45) is 6.94. The number of carbonyl (C=O) groups is 2. The summed E-state index contributed by atoms with van der Waals surface area (Å²) in [6, 6.07) is 0. The van der Waals surface area contributed by atoms with Crippen LogP contribution in [0.5, 0.6) is 0 Å². The maximum atomic E-state index is 12.2. The Morgan fingerprint density at radius 1 is 1.50 bits per heavy atom. The first kappa shape index (κ1) is 13.8. The Morgan fingerprint density at radius 3 is 2.80 bits per heavy atom. The van der Waals surface area contributed by atoms with Crippen molar-refractivity contribution >= 4 is 11.8 Å². The van der Waals surface area contributed by atoms with Crippen LogP contribution in [0.4, 0.5) is 0 Å². The highest BCUT2D eigenvalue weighted by molar-refractivity contribution is 6.00. The summed E-state index contributed by atoms with van der Waals surface area (Å²) in [5.41, 5.74) is -1.84. The number of rotatable bonds is 3. The predicted octanol–water partition coefficient (Wildman–Crippen LogP) is 2.00. The van der Waals surface area contributed by atoms with Gasteiger partial charge in [-0.25, -0.2) is 0 Å². The van der Waals surface area contributed by atoms with E-state index in [-0.39, 0.29) is 24.0 Å². The van der Waals surface area contributed by atoms with E-state index >= 15 is 0 Å². The van der Waals surface area contributed by atoms with Crippen molar-refractivity contribution in [3.8, 4) is 0 Å². The van der Waals surface area contributed by atoms with E-state index in [4.69, 9.17) is 4.74 Å². The highest BCUT2D eigenvalue weighted by Gasteiger charge is 2.78. The standard InChI is InChI=1S/C16H22O4/c1-3-11-12(17)9-16(14(19)20-15(11,16)2)13(18)10-7-5-4-6-8-10/h5,7,10-11,13,18H,3-4,6,8-9H2,1-2H3/t10-,11-,13+,15+,16-/m1/s1. The first-order chi connectivity index (χ1) is 9.47. The van der Waals surface area contributed by atoms with Crippen LogP contribution in [0.1, 0.15) is 46.0 Å². The van der Waals surface area contributed by atoms with Gasteiger partial charge >= 0.3 is 5.97 Å². The molecule has 110 valence electrons. The normalized spacial score (nSPS) is 44.8. The Morgan fingerprint density at radius 2 is 2.25 bits per heavy atom. The fraction of sp³-hybridized carbons (Fsp3) is 0.750. The van der Waals surface area contributed by atoms with Gasteiger partial charge in [-0.05, 0) is 32.6 Å². The lowest BCUT2D eigenvalue weighted by molar-refractivity contribution is -0.262. The van der Waals surface area contributed by atoms with Gasteiger partial charge in [-0.1, -0.05) is 19.1 Å². The number of aliphatic hydroxyl groups is 1. The zero-order valence-electron chi connectivity index (χ0n) is 12.1. The van der Waals surface area contributed by atoms with E-state index < -0.39 is 23.1 Å². The minimum absolute atomic E-state index is 0.0423. The van der Waals surface area contributed by atoms with Crippen molar-refractivity contribution in [3.05, 3.63) is 12.2 Å². The Bertz CT molecular complexity index is 483. The van der Waals surface area contributed by atoms with Crippen molar-refractivity contribution in [3.63, 3.8) is 0 Å². The molecule has 0 unspecified atom stereocenters. The monoisotopic (exact) mass is 278 g/mol. The first-order valence-electron chi connectivity index (χ1n) is 7.58. The maximum absolute atomic E-state index is 12.2. The highest BCUT2D eigenvalue weighted by Crippen LogP contribution is 2.62. The van der Waals surface area contributed by atoms with Gasteiger partial charge in [0, 0.05) is 12.3 Å². The molecule has 3 aliphatic rings. The van der Waals surface area contributed by atoms with E-state index in [1.54, 1.807) is 0 Å². The van der Waals surface area contributed by atoms with E-state index in [2.05, 4.69) is 6.08 Å². The van der Waals surface area contributed by atoms with Gasteiger partial charge in [0.25, 0.3) is 0 Å². The second-order valence-electron chi connectivity index (χ2n) is 6.54. The molecule has 1 N–H and O–H groups in total. The van der Waals surface area contributed by atoms with E-state index in [0.717, 1.165) is 19.3 Å². The second-order valence-corrected chi connectivity index (χ2v) is 6.54. The molecule has 2 fully saturated rings. The largest absolute Gasteiger partial charge is 0.457 e. The molecule has 0 aromatic carbocycles. The lowest BCUT2D eigenvalue weighted by atomic mass is 9.60. The molecule has 4 nitrogen and oxygen atoms in total. The SMILES string of the molecule is CC[C@@H]1C(=O)C[C@@]2([C@@H](O)[C@@H]3C=CCCC3)C(=O)O[C@@]12C. The Labute approximate surface area is 119 Å². The lowest BCUT2D eigenvalue weighted by Crippen LogP contribution is -2.70. The van der Waals surface area contributed by atoms with Crippen LogP contribution in [0.25, 0.3) is 0 Å². The summed E-state index contributed by atoms with van der Waals surface area (Å²) < 4.78 is 5.40. The van der Waals surface area contributed by atoms with Crippen molar-refractivity contribution in [2.75, 3.05) is 0 Å². The van der Waals surface area contributed by atoms with Crippen molar-refractivity contribution in [2.24, 2.45) is 17.3 Å². The Balaban J connectivity index is 1.97. The summed E-state index contributed by atoms with van der Waals surface area (Å²) in [4.78, 5) is 24.4. The summed E-state index contributed by atoms with van der Waals surface area (Å²) in [6.45, 7) is 3.76. The van der Waals surface area contributed by atoms with Gasteiger partial charge in [-0.3, -0.25) is 9.59 Å². The molecule has 0 bridgehead atoms. The molecule has 4 heteroatoms. The molecule has 2 aliphatic carbocycles. The van der Waals surface area contributed by atoms with Crippen molar-refractivity contribution in [2.45, 2.75) is 57.7 Å². The number of ether oxygens (including phenoxy) is 1. The van der Waals surface area contributed by atoms with Crippen molar-refractivity contribution < 1.29 is 19.4 Å². The third-order valence-corrected chi connectivity index (χ3v) is 5.67. The topological polar surface area (TPSA) is 63.6 Å². The number of esters is 1. The third-order valence-electron chi connectivity index (χ3n) is 5.67. The van der Waals surface area contributed by atoms with Crippen LogP contribution in [0.2, 0.25) is 0 Å². The molecular formula is C16H22O4. The van der Waals surface area contributed by atoms with E-state index in [9.17, 15) is 14.7 Å². The quantitative estimate of drug-likeness (QED) is 0.633. The van der Waals surface area contributed by atoms with Crippen LogP contribution < -0.4 is 0 Å². The zero-order valence-corrected chi connectivity index (χ0v) is 12.1. The van der Waals surface area contributed by atoms with Crippen LogP contribution in [-0.4, -0.2) is 28.6 Å². The molecule has 0 aromatic heterocycles. The van der Waals surface area contributed by atoms with Gasteiger partial charge in [-0.2, -0.15) is 0 Å². The molecule has 0 aromatic rings. The molecule has 5 atom stereocenters. The number of Topliss-reactive ketones (excluding diaryl/α,β-unsaturated/α-hetero) is 1. The second kappa shape index (κ2) is 4.42. The highest BCUT2D eigenvalue weighted by atomic mass is 16.6. The molecule has 0 radical (unpaired) electrons. The molecule has 3 rings (SSSR count). The summed E-state index contributed by atoms with van der Waals surface area (Å²) in [7, 11) is 0. The van der Waals surface area contributed by atoms with Gasteiger partial charge in [-0.15, -0.1) is 0 Å². The van der Waals surface area contributed by atoms with Gasteiger partial charge in [0.2, 0.25) is 0 Å². The Kier molecular flexibility index (Phi) is 3.05. The average molecular weight is 278 g/mol. The van der Waals surface area contributed by atoms with Crippen molar-refractivity contribution in [1.29, 1.82) is 0 Å². The van der Waals surface area contributed by atoms with Gasteiger partial charge in [0.05, 0.1) is 12.0 Å². The number of hydrogen-bond donors (Lipinski definition) is 1. The van der Waals surface area contributed by atoms with Crippen molar-refractivity contribution in [1.82, 2.24) is 0 Å². The predicted molar refractivity (Wildman–Crippen MR) is 72.8 cm³/mol. The van der Waals surface area contributed by atoms with Crippen LogP contribution in [0.3, 0.4) is 0 Å². The number of fused-ring (bicyclic) bond motifs is 1. The minimum Gasteiger partial charge on any atom is -0.457 e. The van der Waals surface area contributed by atoms with E-state index in [1.807, 2.05) is 19.9 Å². The van der Waals surface area contributed by atoms with Crippen LogP contribution in [-0.2, 0) is 14.3 Å². The lowest BCUT2D eigenvalue weighted by Gasteiger charge is -2.55. The minimum atomic E-state index is -1.02. The molecule has 1 heterocycles. The van der Waals surface area contributed by atoms with E-state index in [0.29, 0.717) is 6.42 Å². The average Bonchev–Trinajstić information content (AvgIpc) is 2.62. The van der Waals surface area contributed by atoms with E-state index in [1.165, 1.54) is 0 Å². The fourth-order valence-corrected chi connectivity index (χ4v) is 4.47. The molecule has 1 saturated heterocycles. The number of allylic oxidation sites excluding steroid dienone is 1. The smallest absolute Gasteiger partial charge is 0.319 e. The number of carbonyl (C=O) groups excluding carboxylic acids is 2. The molecule has 1 aliphatic heterocycles. The summed E-state index contributed by atoms with van der Waals surface area (Å²) in [5.74, 6) is -0.655. The molecule has 1 saturated carbocycles. The zero-order chi connectivity index (χ0) is 14.5.